The summed E-state index contributed by atoms with van der Waals surface area (Å²) in [4.78, 5) is 46.8. The molecule has 1 heterocycles. The van der Waals surface area contributed by atoms with Gasteiger partial charge in [-0.15, -0.1) is 0 Å². The zero-order valence-corrected chi connectivity index (χ0v) is 19.1. The Kier molecular flexibility index (Phi) is 7.76. The summed E-state index contributed by atoms with van der Waals surface area (Å²) in [6, 6.07) is 10.7. The first-order valence-electron chi connectivity index (χ1n) is 9.91. The van der Waals surface area contributed by atoms with Crippen LogP contribution in [0, 0.1) is 5.82 Å². The van der Waals surface area contributed by atoms with Gasteiger partial charge in [-0.05, 0) is 55.5 Å². The first kappa shape index (κ1) is 24.6. The molecule has 0 fully saturated rings. The molecule has 10 nitrogen and oxygen atoms in total. The standard InChI is InChI=1S/C22H22FN5O5S/c1-12(21(25)31)28(15-7-5-14(23)6-8-15)22-26-20(24)19(34-22)18(30)13-3-9-16(10-4-13)33-11-17(29)27-32-2/h3-10,12H,11,24H2,1-2H3,(H2,25,31)(H,27,29)/t12-/m1/s1. The van der Waals surface area contributed by atoms with E-state index in [0.29, 0.717) is 17.0 Å². The minimum atomic E-state index is -0.842. The van der Waals surface area contributed by atoms with Gasteiger partial charge < -0.3 is 21.1 Å². The number of nitrogens with one attached hydrogen (secondary N) is 1. The van der Waals surface area contributed by atoms with Crippen molar-refractivity contribution in [1.29, 1.82) is 0 Å². The lowest BCUT2D eigenvalue weighted by Gasteiger charge is -2.26. The fourth-order valence-electron chi connectivity index (χ4n) is 2.94. The number of thiazole rings is 1. The molecule has 0 saturated carbocycles. The lowest BCUT2D eigenvalue weighted by Crippen LogP contribution is -2.39. The second-order valence-electron chi connectivity index (χ2n) is 7.01. The summed E-state index contributed by atoms with van der Waals surface area (Å²) in [6.45, 7) is 1.31. The Morgan fingerprint density at radius 3 is 2.38 bits per heavy atom. The van der Waals surface area contributed by atoms with Crippen molar-refractivity contribution in [3.63, 3.8) is 0 Å². The third-order valence-corrected chi connectivity index (χ3v) is 5.73. The maximum absolute atomic E-state index is 13.4. The van der Waals surface area contributed by atoms with Crippen LogP contribution in [-0.4, -0.2) is 42.3 Å². The van der Waals surface area contributed by atoms with E-state index < -0.39 is 29.5 Å². The van der Waals surface area contributed by atoms with Crippen LogP contribution >= 0.6 is 11.3 Å². The number of primary amides is 1. The Morgan fingerprint density at radius 2 is 1.79 bits per heavy atom. The highest BCUT2D eigenvalue weighted by Gasteiger charge is 2.27. The number of aromatic nitrogens is 1. The third-order valence-electron chi connectivity index (χ3n) is 4.66. The Labute approximate surface area is 198 Å². The molecule has 2 amide bonds. The van der Waals surface area contributed by atoms with E-state index in [0.717, 1.165) is 11.3 Å². The van der Waals surface area contributed by atoms with E-state index in [-0.39, 0.29) is 22.4 Å². The zero-order valence-electron chi connectivity index (χ0n) is 18.3. The first-order chi connectivity index (χ1) is 16.2. The number of anilines is 3. The number of halogens is 1. The third kappa shape index (κ3) is 5.66. The fourth-order valence-corrected chi connectivity index (χ4v) is 3.99. The quantitative estimate of drug-likeness (QED) is 0.291. The normalized spacial score (nSPS) is 11.5. The number of ketones is 1. The smallest absolute Gasteiger partial charge is 0.281 e. The number of amides is 2. The lowest BCUT2D eigenvalue weighted by molar-refractivity contribution is -0.133. The second-order valence-corrected chi connectivity index (χ2v) is 7.98. The number of rotatable bonds is 10. The lowest BCUT2D eigenvalue weighted by atomic mass is 10.1. The van der Waals surface area contributed by atoms with Gasteiger partial charge in [-0.2, -0.15) is 0 Å². The van der Waals surface area contributed by atoms with E-state index in [1.165, 1.54) is 60.5 Å². The van der Waals surface area contributed by atoms with Crippen LogP contribution in [0.4, 0.5) is 21.0 Å². The molecule has 3 aromatic rings. The van der Waals surface area contributed by atoms with Gasteiger partial charge in [0.05, 0.1) is 7.11 Å². The van der Waals surface area contributed by atoms with Gasteiger partial charge in [0.15, 0.2) is 11.7 Å². The number of benzene rings is 2. The molecule has 12 heteroatoms. The van der Waals surface area contributed by atoms with Gasteiger partial charge in [-0.1, -0.05) is 11.3 Å². The van der Waals surface area contributed by atoms with Crippen LogP contribution in [0.1, 0.15) is 22.2 Å². The summed E-state index contributed by atoms with van der Waals surface area (Å²) < 4.78 is 18.7. The van der Waals surface area contributed by atoms with Crippen LogP contribution in [0.5, 0.6) is 5.75 Å². The van der Waals surface area contributed by atoms with E-state index >= 15 is 0 Å². The molecule has 0 bridgehead atoms. The number of hydroxylamine groups is 1. The summed E-state index contributed by atoms with van der Waals surface area (Å²) in [7, 11) is 1.31. The Morgan fingerprint density at radius 1 is 1.15 bits per heavy atom. The van der Waals surface area contributed by atoms with Crippen molar-refractivity contribution in [2.45, 2.75) is 13.0 Å². The molecular formula is C22H22FN5O5S. The highest BCUT2D eigenvalue weighted by atomic mass is 32.1. The van der Waals surface area contributed by atoms with Gasteiger partial charge in [0.25, 0.3) is 5.91 Å². The number of hydrogen-bond donors (Lipinski definition) is 3. The molecule has 178 valence electrons. The molecule has 1 aromatic heterocycles. The Balaban J connectivity index is 1.84. The molecule has 1 atom stereocenters. The van der Waals surface area contributed by atoms with E-state index in [1.54, 1.807) is 6.92 Å². The highest BCUT2D eigenvalue weighted by molar-refractivity contribution is 7.18. The van der Waals surface area contributed by atoms with Crippen LogP contribution in [0.2, 0.25) is 0 Å². The van der Waals surface area contributed by atoms with Crippen molar-refractivity contribution in [3.8, 4) is 5.75 Å². The van der Waals surface area contributed by atoms with Crippen molar-refractivity contribution in [3.05, 3.63) is 64.8 Å². The number of nitrogens with two attached hydrogens (primary N) is 2. The summed E-state index contributed by atoms with van der Waals surface area (Å²) >= 11 is 0.980. The second kappa shape index (κ2) is 10.7. The Bertz CT molecular complexity index is 1180. The Hall–Kier alpha value is -4.03. The van der Waals surface area contributed by atoms with E-state index in [2.05, 4.69) is 15.3 Å². The van der Waals surface area contributed by atoms with Crippen molar-refractivity contribution < 1.29 is 28.3 Å². The van der Waals surface area contributed by atoms with E-state index in [4.69, 9.17) is 16.2 Å². The SMILES string of the molecule is CONC(=O)COc1ccc(C(=O)c2sc(N(c3ccc(F)cc3)[C@H](C)C(N)=O)nc2N)cc1. The predicted octanol–water partition coefficient (Wildman–Crippen LogP) is 2.16. The van der Waals surface area contributed by atoms with Gasteiger partial charge in [0.2, 0.25) is 11.7 Å². The van der Waals surface area contributed by atoms with E-state index in [9.17, 15) is 18.8 Å². The maximum atomic E-state index is 13.4. The summed E-state index contributed by atoms with van der Waals surface area (Å²) in [5, 5.41) is 0.253. The van der Waals surface area contributed by atoms with Crippen LogP contribution in [0.15, 0.2) is 48.5 Å². The van der Waals surface area contributed by atoms with Crippen LogP contribution in [0.3, 0.4) is 0 Å². The molecule has 3 rings (SSSR count). The maximum Gasteiger partial charge on any atom is 0.281 e. The molecule has 0 aliphatic rings. The molecule has 0 unspecified atom stereocenters. The molecule has 0 radical (unpaired) electrons. The number of nitrogen functional groups attached to an aromatic ring is 1. The topological polar surface area (TPSA) is 150 Å². The van der Waals surface area contributed by atoms with Crippen LogP contribution in [-0.2, 0) is 14.4 Å². The van der Waals surface area contributed by atoms with Crippen LogP contribution in [0.25, 0.3) is 0 Å². The molecule has 0 aliphatic carbocycles. The van der Waals surface area contributed by atoms with Gasteiger partial charge >= 0.3 is 0 Å². The van der Waals surface area contributed by atoms with Crippen molar-refractivity contribution in [1.82, 2.24) is 10.5 Å². The van der Waals surface area contributed by atoms with Gasteiger partial charge in [-0.25, -0.2) is 14.9 Å². The molecular weight excluding hydrogens is 465 g/mol. The fraction of sp³-hybridized carbons (Fsp3) is 0.182. The zero-order chi connectivity index (χ0) is 24.8. The molecule has 2 aromatic carbocycles. The predicted molar refractivity (Wildman–Crippen MR) is 124 cm³/mol. The highest BCUT2D eigenvalue weighted by Crippen LogP contribution is 2.36. The van der Waals surface area contributed by atoms with Gasteiger partial charge in [0.1, 0.15) is 28.3 Å². The average molecular weight is 488 g/mol. The number of carbonyl (C=O) groups excluding carboxylic acids is 3. The molecule has 0 saturated heterocycles. The molecule has 34 heavy (non-hydrogen) atoms. The van der Waals surface area contributed by atoms with Crippen molar-refractivity contribution >= 4 is 45.6 Å². The molecule has 5 N–H and O–H groups in total. The van der Waals surface area contributed by atoms with E-state index in [1.807, 2.05) is 0 Å². The number of nitrogens with zero attached hydrogens (tertiary/aromatic N) is 2. The molecule has 0 spiro atoms. The average Bonchev–Trinajstić information content (AvgIpc) is 3.20. The van der Waals surface area contributed by atoms with Crippen molar-refractivity contribution in [2.75, 3.05) is 24.4 Å². The largest absolute Gasteiger partial charge is 0.484 e. The summed E-state index contributed by atoms with van der Waals surface area (Å²) in [5.74, 6) is -1.60. The first-order valence-corrected chi connectivity index (χ1v) is 10.7. The summed E-state index contributed by atoms with van der Waals surface area (Å²) in [5.41, 5.74) is 14.4. The van der Waals surface area contributed by atoms with Crippen LogP contribution < -0.4 is 26.6 Å². The van der Waals surface area contributed by atoms with Crippen molar-refractivity contribution in [2.24, 2.45) is 5.73 Å². The number of carbonyl (C=O) groups is 3. The minimum absolute atomic E-state index is 0.0228. The molecule has 0 aliphatic heterocycles. The number of ether oxygens (including phenoxy) is 1. The monoisotopic (exact) mass is 487 g/mol. The minimum Gasteiger partial charge on any atom is -0.484 e. The number of hydrogen-bond acceptors (Lipinski definition) is 9. The summed E-state index contributed by atoms with van der Waals surface area (Å²) in [6.07, 6.45) is 0. The van der Waals surface area contributed by atoms with Gasteiger partial charge in [0, 0.05) is 11.3 Å². The van der Waals surface area contributed by atoms with Gasteiger partial charge in [-0.3, -0.25) is 19.2 Å².